The van der Waals surface area contributed by atoms with E-state index in [-0.39, 0.29) is 18.1 Å². The third kappa shape index (κ3) is 2.81. The smallest absolute Gasteiger partial charge is 0.253 e. The summed E-state index contributed by atoms with van der Waals surface area (Å²) in [5.41, 5.74) is 0.764. The molecule has 0 radical (unpaired) electrons. The minimum atomic E-state index is -0.00236. The van der Waals surface area contributed by atoms with Gasteiger partial charge in [0.05, 0.1) is 17.7 Å². The van der Waals surface area contributed by atoms with E-state index in [1.807, 2.05) is 29.6 Å². The molecule has 0 unspecified atom stereocenters. The van der Waals surface area contributed by atoms with Gasteiger partial charge >= 0.3 is 0 Å². The zero-order chi connectivity index (χ0) is 14.8. The number of likely N-dealkylation sites (tertiary alicyclic amines) is 1. The van der Waals surface area contributed by atoms with Gasteiger partial charge in [0, 0.05) is 35.7 Å². The Hall–Kier alpha value is -1.43. The Bertz CT molecular complexity index is 640. The van der Waals surface area contributed by atoms with Crippen molar-refractivity contribution in [3.8, 4) is 0 Å². The quantitative estimate of drug-likeness (QED) is 0.943. The molecule has 1 fully saturated rings. The van der Waals surface area contributed by atoms with E-state index >= 15 is 0 Å². The van der Waals surface area contributed by atoms with E-state index in [2.05, 4.69) is 17.1 Å². The van der Waals surface area contributed by atoms with Crippen LogP contribution in [0.1, 0.15) is 17.3 Å². The highest BCUT2D eigenvalue weighted by atomic mass is 32.1. The van der Waals surface area contributed by atoms with Crippen LogP contribution in [0, 0.1) is 0 Å². The first-order chi connectivity index (χ1) is 10.2. The van der Waals surface area contributed by atoms with Gasteiger partial charge in [0.2, 0.25) is 0 Å². The molecular weight excluding hydrogens is 284 g/mol. The fraction of sp³-hybridized carbons (Fsp3) is 0.438. The lowest BCUT2D eigenvalue weighted by Crippen LogP contribution is -2.43. The molecule has 2 atom stereocenters. The number of rotatable bonds is 4. The number of hydrogen-bond donors (Lipinski definition) is 1. The molecule has 2 aromatic rings. The van der Waals surface area contributed by atoms with Crippen molar-refractivity contribution in [2.24, 2.45) is 0 Å². The van der Waals surface area contributed by atoms with E-state index in [9.17, 15) is 4.79 Å². The Morgan fingerprint density at radius 2 is 2.24 bits per heavy atom. The van der Waals surface area contributed by atoms with Crippen LogP contribution in [0.4, 0.5) is 0 Å². The molecule has 0 bridgehead atoms. The zero-order valence-electron chi connectivity index (χ0n) is 12.3. The SMILES string of the molecule is CCN1C[C@H](NC(=O)c2csc3ccccc23)[C@@H](OC)C1. The molecule has 0 spiro atoms. The van der Waals surface area contributed by atoms with Crippen molar-refractivity contribution in [3.63, 3.8) is 0 Å². The van der Waals surface area contributed by atoms with E-state index in [0.29, 0.717) is 0 Å². The molecule has 5 heteroatoms. The van der Waals surface area contributed by atoms with Crippen molar-refractivity contribution in [1.29, 1.82) is 0 Å². The number of methoxy groups -OCH3 is 1. The first-order valence-electron chi connectivity index (χ1n) is 7.25. The van der Waals surface area contributed by atoms with Crippen LogP contribution in [0.2, 0.25) is 0 Å². The summed E-state index contributed by atoms with van der Waals surface area (Å²) in [5.74, 6) is -0.00236. The second-order valence-electron chi connectivity index (χ2n) is 5.35. The van der Waals surface area contributed by atoms with Gasteiger partial charge in [-0.3, -0.25) is 9.69 Å². The van der Waals surface area contributed by atoms with Crippen LogP contribution < -0.4 is 5.32 Å². The lowest BCUT2D eigenvalue weighted by atomic mass is 10.1. The van der Waals surface area contributed by atoms with E-state index in [4.69, 9.17) is 4.74 Å². The van der Waals surface area contributed by atoms with Crippen LogP contribution in [-0.4, -0.2) is 49.7 Å². The van der Waals surface area contributed by atoms with Crippen molar-refractivity contribution < 1.29 is 9.53 Å². The first-order valence-corrected chi connectivity index (χ1v) is 8.13. The topological polar surface area (TPSA) is 41.6 Å². The molecule has 2 heterocycles. The highest BCUT2D eigenvalue weighted by Crippen LogP contribution is 2.26. The number of carbonyl (C=O) groups excluding carboxylic acids is 1. The molecule has 1 saturated heterocycles. The number of likely N-dealkylation sites (N-methyl/N-ethyl adjacent to an activating group) is 1. The lowest BCUT2D eigenvalue weighted by Gasteiger charge is -2.18. The highest BCUT2D eigenvalue weighted by Gasteiger charge is 2.33. The summed E-state index contributed by atoms with van der Waals surface area (Å²) in [7, 11) is 1.71. The maximum atomic E-state index is 12.6. The third-order valence-corrected chi connectivity index (χ3v) is 5.10. The number of nitrogens with zero attached hydrogens (tertiary/aromatic N) is 1. The van der Waals surface area contributed by atoms with Crippen molar-refractivity contribution in [3.05, 3.63) is 35.2 Å². The molecule has 0 saturated carbocycles. The fourth-order valence-electron chi connectivity index (χ4n) is 2.89. The summed E-state index contributed by atoms with van der Waals surface area (Å²) >= 11 is 1.61. The van der Waals surface area contributed by atoms with Gasteiger partial charge < -0.3 is 10.1 Å². The van der Waals surface area contributed by atoms with Crippen molar-refractivity contribution in [2.45, 2.75) is 19.1 Å². The average molecular weight is 304 g/mol. The van der Waals surface area contributed by atoms with Gasteiger partial charge in [-0.15, -0.1) is 11.3 Å². The second-order valence-corrected chi connectivity index (χ2v) is 6.26. The Labute approximate surface area is 128 Å². The monoisotopic (exact) mass is 304 g/mol. The second kappa shape index (κ2) is 6.13. The van der Waals surface area contributed by atoms with Crippen LogP contribution in [-0.2, 0) is 4.74 Å². The number of thiophene rings is 1. The molecule has 1 N–H and O–H groups in total. The molecule has 0 aliphatic carbocycles. The summed E-state index contributed by atoms with van der Waals surface area (Å²) < 4.78 is 6.65. The number of carbonyl (C=O) groups is 1. The van der Waals surface area contributed by atoms with Gasteiger partial charge in [0.25, 0.3) is 5.91 Å². The third-order valence-electron chi connectivity index (χ3n) is 4.13. The Morgan fingerprint density at radius 3 is 3.00 bits per heavy atom. The zero-order valence-corrected chi connectivity index (χ0v) is 13.2. The standard InChI is InChI=1S/C16H20N2O2S/c1-3-18-8-13(14(9-18)20-2)17-16(19)12-10-21-15-7-5-4-6-11(12)15/h4-7,10,13-14H,3,8-9H2,1-2H3,(H,17,19)/t13-,14-/m0/s1. The van der Waals surface area contributed by atoms with Gasteiger partial charge in [-0.25, -0.2) is 0 Å². The Kier molecular flexibility index (Phi) is 4.24. The van der Waals surface area contributed by atoms with Crippen LogP contribution in [0.25, 0.3) is 10.1 Å². The van der Waals surface area contributed by atoms with Crippen molar-refractivity contribution in [2.75, 3.05) is 26.7 Å². The molecule has 112 valence electrons. The molecule has 1 aliphatic heterocycles. The fourth-order valence-corrected chi connectivity index (χ4v) is 3.83. The van der Waals surface area contributed by atoms with Crippen LogP contribution in [0.3, 0.4) is 0 Å². The van der Waals surface area contributed by atoms with E-state index in [0.717, 1.165) is 35.3 Å². The van der Waals surface area contributed by atoms with Crippen LogP contribution in [0.5, 0.6) is 0 Å². The first kappa shape index (κ1) is 14.5. The number of benzene rings is 1. The number of hydrogen-bond acceptors (Lipinski definition) is 4. The molecule has 1 amide bonds. The van der Waals surface area contributed by atoms with Crippen LogP contribution >= 0.6 is 11.3 Å². The predicted molar refractivity (Wildman–Crippen MR) is 86.0 cm³/mol. The highest BCUT2D eigenvalue weighted by molar-refractivity contribution is 7.17. The lowest BCUT2D eigenvalue weighted by molar-refractivity contribution is 0.0763. The van der Waals surface area contributed by atoms with Gasteiger partial charge in [0.1, 0.15) is 0 Å². The van der Waals surface area contributed by atoms with Gasteiger partial charge in [0.15, 0.2) is 0 Å². The maximum absolute atomic E-state index is 12.6. The minimum absolute atomic E-state index is 0.00236. The summed E-state index contributed by atoms with van der Waals surface area (Å²) in [6.07, 6.45) is 0.0683. The summed E-state index contributed by atoms with van der Waals surface area (Å²) in [6.45, 7) is 4.84. The van der Waals surface area contributed by atoms with Crippen molar-refractivity contribution >= 4 is 27.3 Å². The summed E-state index contributed by atoms with van der Waals surface area (Å²) in [6, 6.07) is 8.07. The minimum Gasteiger partial charge on any atom is -0.378 e. The predicted octanol–water partition coefficient (Wildman–Crippen LogP) is 2.35. The molecular formula is C16H20N2O2S. The van der Waals surface area contributed by atoms with Gasteiger partial charge in [-0.05, 0) is 12.6 Å². The Morgan fingerprint density at radius 1 is 1.43 bits per heavy atom. The molecule has 3 rings (SSSR count). The molecule has 4 nitrogen and oxygen atoms in total. The van der Waals surface area contributed by atoms with E-state index in [1.165, 1.54) is 0 Å². The molecule has 1 aromatic heterocycles. The van der Waals surface area contributed by atoms with Gasteiger partial charge in [-0.2, -0.15) is 0 Å². The van der Waals surface area contributed by atoms with Crippen LogP contribution in [0.15, 0.2) is 29.6 Å². The normalized spacial score (nSPS) is 22.8. The van der Waals surface area contributed by atoms with E-state index in [1.54, 1.807) is 18.4 Å². The van der Waals surface area contributed by atoms with E-state index < -0.39 is 0 Å². The summed E-state index contributed by atoms with van der Waals surface area (Å²) in [5, 5.41) is 6.11. The summed E-state index contributed by atoms with van der Waals surface area (Å²) in [4.78, 5) is 14.9. The molecule has 1 aromatic carbocycles. The maximum Gasteiger partial charge on any atom is 0.253 e. The number of nitrogens with one attached hydrogen (secondary N) is 1. The Balaban J connectivity index is 1.77. The largest absolute Gasteiger partial charge is 0.378 e. The molecule has 21 heavy (non-hydrogen) atoms. The number of ether oxygens (including phenoxy) is 1. The van der Waals surface area contributed by atoms with Crippen molar-refractivity contribution in [1.82, 2.24) is 10.2 Å². The molecule has 1 aliphatic rings. The number of fused-ring (bicyclic) bond motifs is 1. The average Bonchev–Trinajstić information content (AvgIpc) is 3.10. The number of amides is 1. The van der Waals surface area contributed by atoms with Gasteiger partial charge in [-0.1, -0.05) is 25.1 Å².